The summed E-state index contributed by atoms with van der Waals surface area (Å²) in [4.78, 5) is 29.5. The van der Waals surface area contributed by atoms with Gasteiger partial charge < -0.3 is 14.4 Å². The zero-order valence-electron chi connectivity index (χ0n) is 19.1. The molecule has 174 valence electrons. The molecule has 0 atom stereocenters. The Kier molecular flexibility index (Phi) is 8.99. The molecular weight excluding hydrogens is 444 g/mol. The zero-order chi connectivity index (χ0) is 23.1. The number of carbonyl (C=O) groups is 2. The maximum atomic E-state index is 12.8. The first kappa shape index (κ1) is 24.6. The molecule has 0 aliphatic carbocycles. The van der Waals surface area contributed by atoms with Crippen LogP contribution in [0, 0.1) is 5.92 Å². The molecule has 8 heteroatoms. The van der Waals surface area contributed by atoms with Crippen molar-refractivity contribution in [3.05, 3.63) is 28.7 Å². The molecule has 0 saturated carbocycles. The summed E-state index contributed by atoms with van der Waals surface area (Å²) in [5.74, 6) is 2.19. The van der Waals surface area contributed by atoms with Gasteiger partial charge >= 0.3 is 0 Å². The molecule has 2 aliphatic rings. The first-order valence-electron chi connectivity index (χ1n) is 11.2. The first-order chi connectivity index (χ1) is 15.4. The van der Waals surface area contributed by atoms with E-state index in [1.165, 1.54) is 11.8 Å². The lowest BCUT2D eigenvalue weighted by atomic mass is 9.99. The molecule has 0 spiro atoms. The number of nitrogens with zero attached hydrogens (tertiary/aromatic N) is 2. The van der Waals surface area contributed by atoms with Crippen molar-refractivity contribution in [2.45, 2.75) is 45.4 Å². The number of hydrogen-bond acceptors (Lipinski definition) is 6. The van der Waals surface area contributed by atoms with Crippen LogP contribution in [0.4, 0.5) is 0 Å². The van der Waals surface area contributed by atoms with Crippen LogP contribution in [0.1, 0.15) is 51.0 Å². The quantitative estimate of drug-likeness (QED) is 0.292. The van der Waals surface area contributed by atoms with Crippen LogP contribution in [-0.4, -0.2) is 59.8 Å². The number of thioether (sulfide) groups is 1. The van der Waals surface area contributed by atoms with Crippen LogP contribution < -0.4 is 9.47 Å². The number of unbranched alkanes of at least 4 members (excludes halogenated alkanes) is 2. The highest BCUT2D eigenvalue weighted by atomic mass is 32.2. The maximum Gasteiger partial charge on any atom is 0.266 e. The first-order valence-corrected chi connectivity index (χ1v) is 12.4. The second kappa shape index (κ2) is 11.7. The van der Waals surface area contributed by atoms with Crippen LogP contribution in [-0.2, 0) is 9.59 Å². The fourth-order valence-electron chi connectivity index (χ4n) is 3.93. The normalized spacial score (nSPS) is 18.5. The molecule has 1 aromatic rings. The predicted molar refractivity (Wildman–Crippen MR) is 133 cm³/mol. The Hall–Kier alpha value is -2.06. The van der Waals surface area contributed by atoms with Crippen LogP contribution >= 0.6 is 24.0 Å². The van der Waals surface area contributed by atoms with Crippen LogP contribution in [0.25, 0.3) is 6.08 Å². The smallest absolute Gasteiger partial charge is 0.266 e. The van der Waals surface area contributed by atoms with Gasteiger partial charge in [0, 0.05) is 26.1 Å². The minimum atomic E-state index is -0.0618. The standard InChI is InChI=1S/C24H32N2O4S2/c1-17-10-13-25(14-11-17)22(27)7-5-4-6-12-26-23(28)21(32-24(26)31)16-18-8-9-19(29-2)20(15-18)30-3/h8-9,15-17H,4-7,10-14H2,1-3H3/b21-16-. The number of benzene rings is 1. The third kappa shape index (κ3) is 6.25. The van der Waals surface area contributed by atoms with Gasteiger partial charge in [0.25, 0.3) is 5.91 Å². The van der Waals surface area contributed by atoms with Gasteiger partial charge in [-0.2, -0.15) is 0 Å². The van der Waals surface area contributed by atoms with Gasteiger partial charge in [-0.25, -0.2) is 0 Å². The van der Waals surface area contributed by atoms with E-state index in [0.717, 1.165) is 56.7 Å². The summed E-state index contributed by atoms with van der Waals surface area (Å²) < 4.78 is 11.2. The molecule has 2 amide bonds. The molecule has 2 heterocycles. The zero-order valence-corrected chi connectivity index (χ0v) is 20.7. The van der Waals surface area contributed by atoms with Gasteiger partial charge in [-0.1, -0.05) is 43.4 Å². The monoisotopic (exact) mass is 476 g/mol. The number of methoxy groups -OCH3 is 2. The Balaban J connectivity index is 1.46. The van der Waals surface area contributed by atoms with E-state index >= 15 is 0 Å². The summed E-state index contributed by atoms with van der Waals surface area (Å²) in [5.41, 5.74) is 0.855. The van der Waals surface area contributed by atoms with Crippen molar-refractivity contribution >= 4 is 46.2 Å². The topological polar surface area (TPSA) is 59.1 Å². The molecule has 3 rings (SSSR count). The molecule has 0 unspecified atom stereocenters. The van der Waals surface area contributed by atoms with Gasteiger partial charge in [-0.3, -0.25) is 14.5 Å². The number of piperidine rings is 1. The molecule has 6 nitrogen and oxygen atoms in total. The summed E-state index contributed by atoms with van der Waals surface area (Å²) >= 11 is 6.76. The molecule has 0 N–H and O–H groups in total. The third-order valence-electron chi connectivity index (χ3n) is 5.99. The Morgan fingerprint density at radius 1 is 1.16 bits per heavy atom. The highest BCUT2D eigenvalue weighted by Gasteiger charge is 2.31. The van der Waals surface area contributed by atoms with E-state index in [4.69, 9.17) is 21.7 Å². The molecule has 1 aromatic carbocycles. The van der Waals surface area contributed by atoms with E-state index in [1.807, 2.05) is 29.2 Å². The Labute approximate surface area is 200 Å². The molecule has 2 fully saturated rings. The lowest BCUT2D eigenvalue weighted by molar-refractivity contribution is -0.132. The summed E-state index contributed by atoms with van der Waals surface area (Å²) in [5, 5.41) is 0. The summed E-state index contributed by atoms with van der Waals surface area (Å²) in [7, 11) is 3.17. The number of ether oxygens (including phenoxy) is 2. The maximum absolute atomic E-state index is 12.8. The average molecular weight is 477 g/mol. The highest BCUT2D eigenvalue weighted by Crippen LogP contribution is 2.34. The summed E-state index contributed by atoms with van der Waals surface area (Å²) in [6.45, 7) is 4.62. The lowest BCUT2D eigenvalue weighted by Crippen LogP contribution is -2.37. The second-order valence-corrected chi connectivity index (χ2v) is 10.00. The minimum Gasteiger partial charge on any atom is -0.493 e. The number of carbonyl (C=O) groups excluding carboxylic acids is 2. The van der Waals surface area contributed by atoms with E-state index < -0.39 is 0 Å². The van der Waals surface area contributed by atoms with Gasteiger partial charge in [0.05, 0.1) is 19.1 Å². The van der Waals surface area contributed by atoms with E-state index in [-0.39, 0.29) is 11.8 Å². The number of hydrogen-bond donors (Lipinski definition) is 0. The molecule has 0 aromatic heterocycles. The van der Waals surface area contributed by atoms with Crippen LogP contribution in [0.2, 0.25) is 0 Å². The Morgan fingerprint density at radius 3 is 2.56 bits per heavy atom. The lowest BCUT2D eigenvalue weighted by Gasteiger charge is -2.30. The van der Waals surface area contributed by atoms with Gasteiger partial charge in [-0.15, -0.1) is 0 Å². The predicted octanol–water partition coefficient (Wildman–Crippen LogP) is 4.72. The van der Waals surface area contributed by atoms with Gasteiger partial charge in [0.15, 0.2) is 11.5 Å². The fraction of sp³-hybridized carbons (Fsp3) is 0.542. The van der Waals surface area contributed by atoms with E-state index in [9.17, 15) is 9.59 Å². The molecule has 2 saturated heterocycles. The van der Waals surface area contributed by atoms with E-state index in [0.29, 0.717) is 33.7 Å². The Morgan fingerprint density at radius 2 is 1.88 bits per heavy atom. The van der Waals surface area contributed by atoms with Gasteiger partial charge in [0.2, 0.25) is 5.91 Å². The number of rotatable bonds is 9. The average Bonchev–Trinajstić information content (AvgIpc) is 3.06. The van der Waals surface area contributed by atoms with Crippen molar-refractivity contribution in [3.63, 3.8) is 0 Å². The van der Waals surface area contributed by atoms with Crippen molar-refractivity contribution in [2.75, 3.05) is 33.9 Å². The van der Waals surface area contributed by atoms with Crippen molar-refractivity contribution < 1.29 is 19.1 Å². The molecule has 0 bridgehead atoms. The molecule has 2 aliphatic heterocycles. The van der Waals surface area contributed by atoms with E-state index in [2.05, 4.69) is 6.92 Å². The van der Waals surface area contributed by atoms with Gasteiger partial charge in [-0.05, 0) is 55.4 Å². The summed E-state index contributed by atoms with van der Waals surface area (Å²) in [6.07, 6.45) is 7.23. The minimum absolute atomic E-state index is 0.0618. The van der Waals surface area contributed by atoms with Crippen LogP contribution in [0.5, 0.6) is 11.5 Å². The summed E-state index contributed by atoms with van der Waals surface area (Å²) in [6, 6.07) is 5.54. The molecule has 0 radical (unpaired) electrons. The van der Waals surface area contributed by atoms with Crippen molar-refractivity contribution in [2.24, 2.45) is 5.92 Å². The van der Waals surface area contributed by atoms with Crippen molar-refractivity contribution in [1.29, 1.82) is 0 Å². The van der Waals surface area contributed by atoms with Gasteiger partial charge in [0.1, 0.15) is 4.32 Å². The van der Waals surface area contributed by atoms with Crippen molar-refractivity contribution in [1.82, 2.24) is 9.80 Å². The largest absolute Gasteiger partial charge is 0.493 e. The molecule has 32 heavy (non-hydrogen) atoms. The van der Waals surface area contributed by atoms with Crippen LogP contribution in [0.15, 0.2) is 23.1 Å². The third-order valence-corrected chi connectivity index (χ3v) is 7.37. The SMILES string of the molecule is COc1ccc(/C=C2\SC(=S)N(CCCCCC(=O)N3CCC(C)CC3)C2=O)cc1OC. The number of thiocarbonyl (C=S) groups is 1. The number of amides is 2. The van der Waals surface area contributed by atoms with E-state index in [1.54, 1.807) is 19.1 Å². The van der Waals surface area contributed by atoms with Crippen molar-refractivity contribution in [3.8, 4) is 11.5 Å². The number of likely N-dealkylation sites (tertiary alicyclic amines) is 1. The molecular formula is C24H32N2O4S2. The second-order valence-electron chi connectivity index (χ2n) is 8.32. The van der Waals surface area contributed by atoms with Crippen LogP contribution in [0.3, 0.4) is 0 Å². The Bertz CT molecular complexity index is 879. The fourth-order valence-corrected chi connectivity index (χ4v) is 5.23. The highest BCUT2D eigenvalue weighted by molar-refractivity contribution is 8.26.